The lowest BCUT2D eigenvalue weighted by atomic mass is 10.2. The molecule has 134 valence electrons. The molecule has 1 aromatic heterocycles. The number of nitrogens with one attached hydrogen (secondary N) is 2. The number of carbonyl (C=O) groups excluding carboxylic acids is 1. The van der Waals surface area contributed by atoms with Gasteiger partial charge in [0, 0.05) is 10.9 Å². The number of ether oxygens (including phenoxy) is 2. The van der Waals surface area contributed by atoms with Crippen LogP contribution in [0.3, 0.4) is 0 Å². The number of fused-ring (bicyclic) bond motifs is 1. The summed E-state index contributed by atoms with van der Waals surface area (Å²) in [6.45, 7) is 0. The van der Waals surface area contributed by atoms with Gasteiger partial charge in [0.2, 0.25) is 0 Å². The monoisotopic (exact) mass is 358 g/mol. The van der Waals surface area contributed by atoms with E-state index in [1.165, 1.54) is 0 Å². The third-order valence-electron chi connectivity index (χ3n) is 4.19. The van der Waals surface area contributed by atoms with Crippen LogP contribution in [-0.2, 0) is 0 Å². The van der Waals surface area contributed by atoms with Gasteiger partial charge in [-0.15, -0.1) is 0 Å². The van der Waals surface area contributed by atoms with E-state index in [0.29, 0.717) is 22.9 Å². The van der Waals surface area contributed by atoms with E-state index < -0.39 is 0 Å². The van der Waals surface area contributed by atoms with Gasteiger partial charge in [-0.25, -0.2) is 0 Å². The van der Waals surface area contributed by atoms with Gasteiger partial charge in [-0.3, -0.25) is 4.79 Å². The Hall–Kier alpha value is -3.73. The van der Waals surface area contributed by atoms with Crippen molar-refractivity contribution in [3.8, 4) is 17.2 Å². The van der Waals surface area contributed by atoms with Crippen molar-refractivity contribution < 1.29 is 14.3 Å². The number of hydrogen-bond donors (Lipinski definition) is 2. The summed E-state index contributed by atoms with van der Waals surface area (Å²) < 4.78 is 11.2. The fourth-order valence-electron chi connectivity index (χ4n) is 2.89. The van der Waals surface area contributed by atoms with Crippen LogP contribution < -0.4 is 14.8 Å². The molecule has 1 heterocycles. The second-order valence-electron chi connectivity index (χ2n) is 5.97. The van der Waals surface area contributed by atoms with Crippen LogP contribution in [0.15, 0.2) is 78.9 Å². The lowest BCUT2D eigenvalue weighted by molar-refractivity contribution is 0.102. The van der Waals surface area contributed by atoms with E-state index in [2.05, 4.69) is 10.3 Å². The SMILES string of the molecule is COc1cccc2[nH]c(C(=O)Nc3ccccc3Oc3ccccc3)cc12. The van der Waals surface area contributed by atoms with Crippen molar-refractivity contribution in [1.29, 1.82) is 0 Å². The molecule has 27 heavy (non-hydrogen) atoms. The van der Waals surface area contributed by atoms with Gasteiger partial charge >= 0.3 is 0 Å². The molecule has 0 aliphatic carbocycles. The number of hydrogen-bond acceptors (Lipinski definition) is 3. The zero-order valence-electron chi connectivity index (χ0n) is 14.7. The van der Waals surface area contributed by atoms with Gasteiger partial charge in [-0.1, -0.05) is 36.4 Å². The molecule has 0 radical (unpaired) electrons. The Kier molecular flexibility index (Phi) is 4.49. The Morgan fingerprint density at radius 2 is 1.63 bits per heavy atom. The third-order valence-corrected chi connectivity index (χ3v) is 4.19. The first-order valence-electron chi connectivity index (χ1n) is 8.53. The summed E-state index contributed by atoms with van der Waals surface area (Å²) in [5, 5.41) is 3.77. The largest absolute Gasteiger partial charge is 0.496 e. The van der Waals surface area contributed by atoms with Crippen LogP contribution in [0.4, 0.5) is 5.69 Å². The van der Waals surface area contributed by atoms with Gasteiger partial charge in [-0.05, 0) is 42.5 Å². The highest BCUT2D eigenvalue weighted by atomic mass is 16.5. The van der Waals surface area contributed by atoms with E-state index in [0.717, 1.165) is 16.7 Å². The zero-order chi connectivity index (χ0) is 18.6. The van der Waals surface area contributed by atoms with Crippen molar-refractivity contribution in [2.45, 2.75) is 0 Å². The minimum Gasteiger partial charge on any atom is -0.496 e. The van der Waals surface area contributed by atoms with Gasteiger partial charge < -0.3 is 19.8 Å². The van der Waals surface area contributed by atoms with E-state index in [4.69, 9.17) is 9.47 Å². The minimum atomic E-state index is -0.252. The molecule has 0 saturated carbocycles. The highest BCUT2D eigenvalue weighted by molar-refractivity contribution is 6.07. The molecule has 3 aromatic carbocycles. The quantitative estimate of drug-likeness (QED) is 0.514. The van der Waals surface area contributed by atoms with Crippen molar-refractivity contribution in [1.82, 2.24) is 4.98 Å². The number of aromatic amines is 1. The summed E-state index contributed by atoms with van der Waals surface area (Å²) in [5.41, 5.74) is 1.88. The smallest absolute Gasteiger partial charge is 0.272 e. The first kappa shape index (κ1) is 16.7. The molecule has 2 N–H and O–H groups in total. The second-order valence-corrected chi connectivity index (χ2v) is 5.97. The average Bonchev–Trinajstić information content (AvgIpc) is 3.15. The number of para-hydroxylation sites is 3. The van der Waals surface area contributed by atoms with E-state index in [1.807, 2.05) is 66.7 Å². The van der Waals surface area contributed by atoms with Crippen molar-refractivity contribution in [3.05, 3.63) is 84.6 Å². The van der Waals surface area contributed by atoms with Crippen LogP contribution >= 0.6 is 0 Å². The van der Waals surface area contributed by atoms with Gasteiger partial charge in [0.05, 0.1) is 12.8 Å². The summed E-state index contributed by atoms with van der Waals surface area (Å²) in [5.74, 6) is 1.74. The van der Waals surface area contributed by atoms with Crippen molar-refractivity contribution in [2.75, 3.05) is 12.4 Å². The summed E-state index contributed by atoms with van der Waals surface area (Å²) in [4.78, 5) is 15.9. The Morgan fingerprint density at radius 3 is 2.44 bits per heavy atom. The first-order chi connectivity index (χ1) is 13.2. The molecule has 4 aromatic rings. The lowest BCUT2D eigenvalue weighted by Crippen LogP contribution is -2.12. The zero-order valence-corrected chi connectivity index (χ0v) is 14.7. The molecule has 1 amide bonds. The van der Waals surface area contributed by atoms with E-state index in [1.54, 1.807) is 19.2 Å². The number of aromatic nitrogens is 1. The second kappa shape index (κ2) is 7.25. The molecule has 0 atom stereocenters. The van der Waals surface area contributed by atoms with Crippen LogP contribution in [0.25, 0.3) is 10.9 Å². The van der Waals surface area contributed by atoms with E-state index >= 15 is 0 Å². The molecule has 0 aliphatic rings. The van der Waals surface area contributed by atoms with Crippen LogP contribution in [0.5, 0.6) is 17.2 Å². The van der Waals surface area contributed by atoms with Crippen molar-refractivity contribution >= 4 is 22.5 Å². The fraction of sp³-hybridized carbons (Fsp3) is 0.0455. The standard InChI is InChI=1S/C22H18N2O3/c1-26-20-13-7-11-17-16(20)14-19(23-17)22(25)24-18-10-5-6-12-21(18)27-15-8-3-2-4-9-15/h2-14,23H,1H3,(H,24,25). The van der Waals surface area contributed by atoms with Gasteiger partial charge in [-0.2, -0.15) is 0 Å². The molecular formula is C22H18N2O3. The topological polar surface area (TPSA) is 63.4 Å². The molecule has 0 saturated heterocycles. The molecule has 5 heteroatoms. The van der Waals surface area contributed by atoms with E-state index in [9.17, 15) is 4.79 Å². The fourth-order valence-corrected chi connectivity index (χ4v) is 2.89. The van der Waals surface area contributed by atoms with Crippen LogP contribution in [-0.4, -0.2) is 18.0 Å². The predicted octanol–water partition coefficient (Wildman–Crippen LogP) is 5.22. The van der Waals surface area contributed by atoms with E-state index in [-0.39, 0.29) is 5.91 Å². The molecule has 0 fully saturated rings. The Morgan fingerprint density at radius 1 is 0.889 bits per heavy atom. The minimum absolute atomic E-state index is 0.252. The summed E-state index contributed by atoms with van der Waals surface area (Å²) in [7, 11) is 1.61. The predicted molar refractivity (Wildman–Crippen MR) is 106 cm³/mol. The molecule has 0 bridgehead atoms. The first-order valence-corrected chi connectivity index (χ1v) is 8.53. The average molecular weight is 358 g/mol. The maximum absolute atomic E-state index is 12.7. The number of amides is 1. The van der Waals surface area contributed by atoms with Crippen molar-refractivity contribution in [2.24, 2.45) is 0 Å². The lowest BCUT2D eigenvalue weighted by Gasteiger charge is -2.11. The number of H-pyrrole nitrogens is 1. The maximum Gasteiger partial charge on any atom is 0.272 e. The normalized spacial score (nSPS) is 10.6. The maximum atomic E-state index is 12.7. The molecular weight excluding hydrogens is 340 g/mol. The molecule has 4 rings (SSSR count). The Bertz CT molecular complexity index is 1090. The molecule has 5 nitrogen and oxygen atoms in total. The summed E-state index contributed by atoms with van der Waals surface area (Å²) in [6.07, 6.45) is 0. The van der Waals surface area contributed by atoms with Crippen LogP contribution in [0, 0.1) is 0 Å². The van der Waals surface area contributed by atoms with Gasteiger partial charge in [0.25, 0.3) is 5.91 Å². The van der Waals surface area contributed by atoms with Crippen LogP contribution in [0.2, 0.25) is 0 Å². The number of benzene rings is 3. The highest BCUT2D eigenvalue weighted by Gasteiger charge is 2.14. The summed E-state index contributed by atoms with van der Waals surface area (Å²) >= 11 is 0. The van der Waals surface area contributed by atoms with Crippen molar-refractivity contribution in [3.63, 3.8) is 0 Å². The number of carbonyl (C=O) groups is 1. The Balaban J connectivity index is 1.60. The number of rotatable bonds is 5. The number of methoxy groups -OCH3 is 1. The van der Waals surface area contributed by atoms with Gasteiger partial charge in [0.15, 0.2) is 5.75 Å². The van der Waals surface area contributed by atoms with Crippen LogP contribution in [0.1, 0.15) is 10.5 Å². The molecule has 0 spiro atoms. The molecule has 0 aliphatic heterocycles. The number of anilines is 1. The van der Waals surface area contributed by atoms with Gasteiger partial charge in [0.1, 0.15) is 17.2 Å². The highest BCUT2D eigenvalue weighted by Crippen LogP contribution is 2.30. The summed E-state index contributed by atoms with van der Waals surface area (Å²) in [6, 6.07) is 24.2. The third kappa shape index (κ3) is 3.48. The molecule has 0 unspecified atom stereocenters. The Labute approximate surface area is 156 Å².